The monoisotopic (exact) mass is 322 g/mol. The second kappa shape index (κ2) is 5.09. The Bertz CT molecular complexity index is 698. The van der Waals surface area contributed by atoms with Crippen LogP contribution in [0.5, 0.6) is 0 Å². The molecule has 0 radical (unpaired) electrons. The fourth-order valence-electron chi connectivity index (χ4n) is 7.04. The predicted octanol–water partition coefficient (Wildman–Crippen LogP) is 5.69. The number of allylic oxidation sites excluding steroid dienone is 4. The number of imidazole rings is 1. The normalized spacial score (nSPS) is 44.2. The Morgan fingerprint density at radius 1 is 1.04 bits per heavy atom. The van der Waals surface area contributed by atoms with Crippen LogP contribution in [-0.4, -0.2) is 9.55 Å². The molecule has 1 heterocycles. The van der Waals surface area contributed by atoms with E-state index in [0.717, 1.165) is 17.8 Å². The van der Waals surface area contributed by atoms with E-state index in [2.05, 4.69) is 41.7 Å². The summed E-state index contributed by atoms with van der Waals surface area (Å²) in [6.45, 7) is 5.14. The summed E-state index contributed by atoms with van der Waals surface area (Å²) in [4.78, 5) is 4.29. The van der Waals surface area contributed by atoms with Crippen LogP contribution in [0.2, 0.25) is 0 Å². The van der Waals surface area contributed by atoms with Crippen LogP contribution in [0, 0.1) is 28.6 Å². The van der Waals surface area contributed by atoms with Gasteiger partial charge in [-0.15, -0.1) is 0 Å². The van der Waals surface area contributed by atoms with Crippen molar-refractivity contribution in [3.05, 3.63) is 36.4 Å². The Morgan fingerprint density at radius 2 is 1.96 bits per heavy atom. The number of fused-ring (bicyclic) bond motifs is 5. The summed E-state index contributed by atoms with van der Waals surface area (Å²) in [5, 5.41) is 0. The summed E-state index contributed by atoms with van der Waals surface area (Å²) in [5.41, 5.74) is 4.20. The zero-order valence-electron chi connectivity index (χ0n) is 15.2. The highest BCUT2D eigenvalue weighted by atomic mass is 15.1. The van der Waals surface area contributed by atoms with Crippen LogP contribution in [-0.2, 0) is 0 Å². The van der Waals surface area contributed by atoms with Gasteiger partial charge >= 0.3 is 0 Å². The minimum absolute atomic E-state index is 0.345. The first-order chi connectivity index (χ1) is 11.6. The first-order valence-corrected chi connectivity index (χ1v) is 10.0. The quantitative estimate of drug-likeness (QED) is 0.608. The first kappa shape index (κ1) is 15.0. The average Bonchev–Trinajstić information content (AvgIpc) is 3.20. The summed E-state index contributed by atoms with van der Waals surface area (Å²) in [7, 11) is 0. The van der Waals surface area contributed by atoms with Gasteiger partial charge in [0.1, 0.15) is 0 Å². The maximum Gasteiger partial charge on any atom is 0.0989 e. The fraction of sp³-hybridized carbons (Fsp3) is 0.682. The van der Waals surface area contributed by atoms with Gasteiger partial charge in [-0.05, 0) is 68.1 Å². The molecule has 2 heteroatoms. The van der Waals surface area contributed by atoms with Crippen LogP contribution in [0.25, 0.3) is 5.70 Å². The van der Waals surface area contributed by atoms with Gasteiger partial charge in [0.05, 0.1) is 6.33 Å². The topological polar surface area (TPSA) is 17.8 Å². The molecule has 128 valence electrons. The molecule has 2 saturated carbocycles. The molecule has 4 aliphatic carbocycles. The van der Waals surface area contributed by atoms with Gasteiger partial charge in [-0.3, -0.25) is 0 Å². The molecule has 4 aliphatic rings. The summed E-state index contributed by atoms with van der Waals surface area (Å²) in [6.07, 6.45) is 22.3. The van der Waals surface area contributed by atoms with Crippen molar-refractivity contribution in [2.45, 2.75) is 65.2 Å². The lowest BCUT2D eigenvalue weighted by molar-refractivity contribution is -0.0113. The lowest BCUT2D eigenvalue weighted by Gasteiger charge is -2.57. The molecular weight excluding hydrogens is 292 g/mol. The maximum atomic E-state index is 4.29. The van der Waals surface area contributed by atoms with E-state index in [0.29, 0.717) is 10.8 Å². The van der Waals surface area contributed by atoms with E-state index >= 15 is 0 Å². The molecule has 0 N–H and O–H groups in total. The Kier molecular flexibility index (Phi) is 3.18. The Hall–Kier alpha value is -1.31. The molecule has 0 bridgehead atoms. The Balaban J connectivity index is 1.50. The number of nitrogens with zero attached hydrogens (tertiary/aromatic N) is 2. The van der Waals surface area contributed by atoms with E-state index < -0.39 is 0 Å². The van der Waals surface area contributed by atoms with E-state index in [9.17, 15) is 0 Å². The van der Waals surface area contributed by atoms with E-state index in [4.69, 9.17) is 0 Å². The van der Waals surface area contributed by atoms with Crippen LogP contribution in [0.3, 0.4) is 0 Å². The van der Waals surface area contributed by atoms with E-state index in [1.807, 2.05) is 18.1 Å². The molecule has 24 heavy (non-hydrogen) atoms. The van der Waals surface area contributed by atoms with Gasteiger partial charge in [0.2, 0.25) is 0 Å². The third kappa shape index (κ3) is 1.86. The number of hydrogen-bond donors (Lipinski definition) is 0. The molecule has 0 aliphatic heterocycles. The zero-order chi connectivity index (χ0) is 16.4. The van der Waals surface area contributed by atoms with Crippen molar-refractivity contribution in [3.8, 4) is 0 Å². The summed E-state index contributed by atoms with van der Waals surface area (Å²) in [6, 6.07) is 0. The van der Waals surface area contributed by atoms with Crippen LogP contribution in [0.4, 0.5) is 0 Å². The van der Waals surface area contributed by atoms with Crippen LogP contribution < -0.4 is 0 Å². The highest BCUT2D eigenvalue weighted by Gasteiger charge is 2.56. The first-order valence-electron chi connectivity index (χ1n) is 10.0. The van der Waals surface area contributed by atoms with Crippen LogP contribution >= 0.6 is 0 Å². The van der Waals surface area contributed by atoms with Gasteiger partial charge in [0.25, 0.3) is 0 Å². The molecule has 2 nitrogen and oxygen atoms in total. The van der Waals surface area contributed by atoms with E-state index in [-0.39, 0.29) is 0 Å². The third-order valence-electron chi connectivity index (χ3n) is 8.34. The SMILES string of the molecule is C[C@]12CCCCC1=CCC1C2CC[C@]2(C)C(n3ccnc3)=CCC12. The molecule has 5 rings (SSSR count). The largest absolute Gasteiger partial charge is 0.310 e. The standard InChI is InChI=1S/C22H30N2/c1-21-11-4-3-5-16(21)6-7-17-18-8-9-20(24-14-13-23-15-24)22(18,2)12-10-19(17)21/h6,9,13-15,17-19H,3-5,7-8,10-12H2,1-2H3/t17?,18?,19?,21-,22-/m0/s1. The van der Waals surface area contributed by atoms with Crippen molar-refractivity contribution in [3.63, 3.8) is 0 Å². The average molecular weight is 322 g/mol. The molecule has 0 spiro atoms. The highest BCUT2D eigenvalue weighted by Crippen LogP contribution is 2.65. The van der Waals surface area contributed by atoms with E-state index in [1.54, 1.807) is 0 Å². The second-order valence-corrected chi connectivity index (χ2v) is 9.22. The van der Waals surface area contributed by atoms with Crippen molar-refractivity contribution in [2.75, 3.05) is 0 Å². The second-order valence-electron chi connectivity index (χ2n) is 9.22. The molecule has 2 fully saturated rings. The molecule has 1 aromatic rings. The number of rotatable bonds is 1. The number of hydrogen-bond acceptors (Lipinski definition) is 1. The van der Waals surface area contributed by atoms with Gasteiger partial charge in [-0.25, -0.2) is 4.98 Å². The van der Waals surface area contributed by atoms with Crippen molar-refractivity contribution in [2.24, 2.45) is 28.6 Å². The summed E-state index contributed by atoms with van der Waals surface area (Å²) < 4.78 is 2.28. The molecule has 0 saturated heterocycles. The van der Waals surface area contributed by atoms with Crippen molar-refractivity contribution in [1.82, 2.24) is 9.55 Å². The molecule has 5 atom stereocenters. The van der Waals surface area contributed by atoms with Crippen LogP contribution in [0.1, 0.15) is 65.2 Å². The Morgan fingerprint density at radius 3 is 2.79 bits per heavy atom. The Labute approximate surface area is 146 Å². The molecule has 1 aromatic heterocycles. The van der Waals surface area contributed by atoms with Gasteiger partial charge in [0.15, 0.2) is 0 Å². The minimum Gasteiger partial charge on any atom is -0.310 e. The van der Waals surface area contributed by atoms with E-state index in [1.165, 1.54) is 57.1 Å². The van der Waals surface area contributed by atoms with Gasteiger partial charge in [-0.2, -0.15) is 0 Å². The van der Waals surface area contributed by atoms with Crippen molar-refractivity contribution < 1.29 is 0 Å². The molecule has 0 amide bonds. The lowest BCUT2D eigenvalue weighted by Crippen LogP contribution is -2.49. The molecular formula is C22H30N2. The molecule has 3 unspecified atom stereocenters. The molecule has 0 aromatic carbocycles. The summed E-state index contributed by atoms with van der Waals surface area (Å²) in [5.74, 6) is 2.63. The van der Waals surface area contributed by atoms with Gasteiger partial charge in [0, 0.05) is 23.5 Å². The third-order valence-corrected chi connectivity index (χ3v) is 8.34. The number of aromatic nitrogens is 2. The highest BCUT2D eigenvalue weighted by molar-refractivity contribution is 5.56. The smallest absolute Gasteiger partial charge is 0.0989 e. The fourth-order valence-corrected chi connectivity index (χ4v) is 7.04. The minimum atomic E-state index is 0.345. The maximum absolute atomic E-state index is 4.29. The summed E-state index contributed by atoms with van der Waals surface area (Å²) >= 11 is 0. The van der Waals surface area contributed by atoms with Crippen molar-refractivity contribution in [1.29, 1.82) is 0 Å². The van der Waals surface area contributed by atoms with Gasteiger partial charge in [-0.1, -0.05) is 38.0 Å². The van der Waals surface area contributed by atoms with Gasteiger partial charge < -0.3 is 4.57 Å². The van der Waals surface area contributed by atoms with Crippen LogP contribution in [0.15, 0.2) is 36.4 Å². The van der Waals surface area contributed by atoms with Crippen molar-refractivity contribution >= 4 is 5.70 Å². The zero-order valence-corrected chi connectivity index (χ0v) is 15.2. The lowest BCUT2D eigenvalue weighted by atomic mass is 9.48. The predicted molar refractivity (Wildman–Crippen MR) is 98.2 cm³/mol.